The Balaban J connectivity index is 0.00000529. The first-order valence-electron chi connectivity index (χ1n) is 7.41. The van der Waals surface area contributed by atoms with Gasteiger partial charge in [0.1, 0.15) is 11.6 Å². The van der Waals surface area contributed by atoms with Crippen LogP contribution in [0.2, 0.25) is 0 Å². The van der Waals surface area contributed by atoms with Crippen molar-refractivity contribution in [2.45, 2.75) is 32.7 Å². The molecule has 0 heterocycles. The lowest BCUT2D eigenvalue weighted by molar-refractivity contribution is -0.121. The van der Waals surface area contributed by atoms with E-state index in [4.69, 9.17) is 0 Å². The molecular weight excluding hydrogens is 429 g/mol. The van der Waals surface area contributed by atoms with Crippen molar-refractivity contribution < 1.29 is 13.6 Å². The van der Waals surface area contributed by atoms with E-state index in [0.29, 0.717) is 24.5 Å². The van der Waals surface area contributed by atoms with E-state index >= 15 is 0 Å². The highest BCUT2D eigenvalue weighted by atomic mass is 127. The summed E-state index contributed by atoms with van der Waals surface area (Å²) in [5.74, 6) is -0.647. The van der Waals surface area contributed by atoms with Crippen LogP contribution in [0.25, 0.3) is 0 Å². The highest BCUT2D eigenvalue weighted by Crippen LogP contribution is 2.09. The van der Waals surface area contributed by atoms with Gasteiger partial charge in [-0.05, 0) is 51.0 Å². The number of benzene rings is 1. The minimum atomic E-state index is -0.470. The summed E-state index contributed by atoms with van der Waals surface area (Å²) in [4.78, 5) is 15.7. The standard InChI is InChI=1S/C16H24F2N4O.HI/c1-16(2,3)22-14(23)10-21-15(19-4)20-8-7-11-9-12(17)5-6-13(11)18;/h5-6,9H,7-8,10H2,1-4H3,(H,22,23)(H2,19,20,21);1H. The largest absolute Gasteiger partial charge is 0.356 e. The molecule has 0 atom stereocenters. The van der Waals surface area contributed by atoms with Crippen molar-refractivity contribution in [1.29, 1.82) is 0 Å². The summed E-state index contributed by atoms with van der Waals surface area (Å²) in [7, 11) is 1.57. The molecule has 1 aromatic rings. The third kappa shape index (κ3) is 8.99. The average molecular weight is 454 g/mol. The van der Waals surface area contributed by atoms with Crippen LogP contribution < -0.4 is 16.0 Å². The van der Waals surface area contributed by atoms with Crippen LogP contribution in [0.5, 0.6) is 0 Å². The molecule has 1 amide bonds. The highest BCUT2D eigenvalue weighted by Gasteiger charge is 2.13. The second-order valence-electron chi connectivity index (χ2n) is 6.14. The van der Waals surface area contributed by atoms with Gasteiger partial charge in [-0.25, -0.2) is 8.78 Å². The van der Waals surface area contributed by atoms with Gasteiger partial charge >= 0.3 is 0 Å². The predicted molar refractivity (Wildman–Crippen MR) is 103 cm³/mol. The number of nitrogens with one attached hydrogen (secondary N) is 3. The van der Waals surface area contributed by atoms with Crippen molar-refractivity contribution in [3.05, 3.63) is 35.4 Å². The molecule has 3 N–H and O–H groups in total. The summed E-state index contributed by atoms with van der Waals surface area (Å²) < 4.78 is 26.6. The molecule has 0 aliphatic carbocycles. The first-order chi connectivity index (χ1) is 10.7. The molecule has 1 aromatic carbocycles. The number of amides is 1. The van der Waals surface area contributed by atoms with E-state index in [-0.39, 0.29) is 42.0 Å². The lowest BCUT2D eigenvalue weighted by Crippen LogP contribution is -2.48. The van der Waals surface area contributed by atoms with Gasteiger partial charge in [0.25, 0.3) is 0 Å². The number of nitrogens with zero attached hydrogens (tertiary/aromatic N) is 1. The topological polar surface area (TPSA) is 65.5 Å². The van der Waals surface area contributed by atoms with Gasteiger partial charge in [-0.2, -0.15) is 0 Å². The molecule has 0 aromatic heterocycles. The Labute approximate surface area is 158 Å². The van der Waals surface area contributed by atoms with Gasteiger partial charge in [0.15, 0.2) is 5.96 Å². The molecule has 0 radical (unpaired) electrons. The number of hydrogen-bond donors (Lipinski definition) is 3. The van der Waals surface area contributed by atoms with Crippen molar-refractivity contribution >= 4 is 35.8 Å². The zero-order valence-electron chi connectivity index (χ0n) is 14.4. The molecule has 0 fully saturated rings. The Morgan fingerprint density at radius 3 is 2.46 bits per heavy atom. The molecule has 8 heteroatoms. The number of hydrogen-bond acceptors (Lipinski definition) is 2. The van der Waals surface area contributed by atoms with E-state index in [0.717, 1.165) is 12.1 Å². The summed E-state index contributed by atoms with van der Waals surface area (Å²) in [6.45, 7) is 6.12. The number of halogens is 3. The van der Waals surface area contributed by atoms with E-state index in [9.17, 15) is 13.6 Å². The Morgan fingerprint density at radius 1 is 1.21 bits per heavy atom. The second kappa shape index (κ2) is 10.4. The fourth-order valence-corrected chi connectivity index (χ4v) is 1.90. The fraction of sp³-hybridized carbons (Fsp3) is 0.500. The van der Waals surface area contributed by atoms with Crippen LogP contribution in [0.4, 0.5) is 8.78 Å². The molecule has 0 aliphatic rings. The van der Waals surface area contributed by atoms with Gasteiger partial charge in [0.05, 0.1) is 6.54 Å². The maximum Gasteiger partial charge on any atom is 0.239 e. The van der Waals surface area contributed by atoms with Gasteiger partial charge in [-0.1, -0.05) is 0 Å². The molecule has 5 nitrogen and oxygen atoms in total. The van der Waals surface area contributed by atoms with Gasteiger partial charge in [-0.3, -0.25) is 9.79 Å². The number of carbonyl (C=O) groups excluding carboxylic acids is 1. The van der Waals surface area contributed by atoms with Crippen LogP contribution in [-0.2, 0) is 11.2 Å². The van der Waals surface area contributed by atoms with Crippen molar-refractivity contribution in [3.8, 4) is 0 Å². The summed E-state index contributed by atoms with van der Waals surface area (Å²) in [5, 5.41) is 8.63. The molecule has 24 heavy (non-hydrogen) atoms. The minimum Gasteiger partial charge on any atom is -0.356 e. The molecule has 0 unspecified atom stereocenters. The van der Waals surface area contributed by atoms with Crippen LogP contribution in [0, 0.1) is 11.6 Å². The highest BCUT2D eigenvalue weighted by molar-refractivity contribution is 14.0. The summed E-state index contributed by atoms with van der Waals surface area (Å²) in [6.07, 6.45) is 0.304. The Hall–Kier alpha value is -1.45. The molecule has 0 spiro atoms. The minimum absolute atomic E-state index is 0. The van der Waals surface area contributed by atoms with E-state index in [2.05, 4.69) is 20.9 Å². The van der Waals surface area contributed by atoms with Crippen molar-refractivity contribution in [2.75, 3.05) is 20.1 Å². The molecule has 0 saturated carbocycles. The molecule has 0 aliphatic heterocycles. The summed E-state index contributed by atoms with van der Waals surface area (Å²) >= 11 is 0. The Bertz CT molecular complexity index is 574. The van der Waals surface area contributed by atoms with Crippen LogP contribution in [0.1, 0.15) is 26.3 Å². The van der Waals surface area contributed by atoms with Crippen molar-refractivity contribution in [2.24, 2.45) is 4.99 Å². The number of aliphatic imine (C=N–C) groups is 1. The van der Waals surface area contributed by atoms with Crippen LogP contribution in [0.15, 0.2) is 23.2 Å². The number of guanidine groups is 1. The first-order valence-corrected chi connectivity index (χ1v) is 7.41. The Kier molecular flexibility index (Phi) is 9.79. The van der Waals surface area contributed by atoms with E-state index < -0.39 is 11.6 Å². The molecule has 136 valence electrons. The van der Waals surface area contributed by atoms with Gasteiger partial charge in [0.2, 0.25) is 5.91 Å². The first kappa shape index (κ1) is 22.6. The fourth-order valence-electron chi connectivity index (χ4n) is 1.90. The monoisotopic (exact) mass is 454 g/mol. The van der Waals surface area contributed by atoms with E-state index in [1.54, 1.807) is 7.05 Å². The number of rotatable bonds is 5. The Morgan fingerprint density at radius 2 is 1.88 bits per heavy atom. The third-order valence-corrected chi connectivity index (χ3v) is 2.85. The molecular formula is C16H25F2IN4O. The smallest absolute Gasteiger partial charge is 0.239 e. The van der Waals surface area contributed by atoms with Crippen LogP contribution in [-0.4, -0.2) is 37.5 Å². The van der Waals surface area contributed by atoms with Crippen LogP contribution >= 0.6 is 24.0 Å². The lowest BCUT2D eigenvalue weighted by atomic mass is 10.1. The van der Waals surface area contributed by atoms with Gasteiger partial charge < -0.3 is 16.0 Å². The summed E-state index contributed by atoms with van der Waals surface area (Å²) in [6, 6.07) is 3.36. The quantitative estimate of drug-likeness (QED) is 0.363. The van der Waals surface area contributed by atoms with E-state index in [1.807, 2.05) is 20.8 Å². The van der Waals surface area contributed by atoms with Crippen LogP contribution in [0.3, 0.4) is 0 Å². The molecule has 1 rings (SSSR count). The normalized spacial score (nSPS) is 11.5. The molecule has 0 saturated heterocycles. The predicted octanol–water partition coefficient (Wildman–Crippen LogP) is 2.21. The van der Waals surface area contributed by atoms with Crippen molar-refractivity contribution in [1.82, 2.24) is 16.0 Å². The average Bonchev–Trinajstić information content (AvgIpc) is 2.44. The van der Waals surface area contributed by atoms with E-state index in [1.165, 1.54) is 6.07 Å². The zero-order chi connectivity index (χ0) is 17.5. The van der Waals surface area contributed by atoms with Crippen molar-refractivity contribution in [3.63, 3.8) is 0 Å². The maximum atomic E-state index is 13.5. The SMILES string of the molecule is CN=C(NCCc1cc(F)ccc1F)NCC(=O)NC(C)(C)C.I. The number of carbonyl (C=O) groups is 1. The lowest BCUT2D eigenvalue weighted by Gasteiger charge is -2.21. The molecule has 0 bridgehead atoms. The summed E-state index contributed by atoms with van der Waals surface area (Å²) in [5.41, 5.74) is -0.0108. The van der Waals surface area contributed by atoms with Gasteiger partial charge in [0, 0.05) is 19.1 Å². The second-order valence-corrected chi connectivity index (χ2v) is 6.14. The third-order valence-electron chi connectivity index (χ3n) is 2.85. The maximum absolute atomic E-state index is 13.5. The van der Waals surface area contributed by atoms with Gasteiger partial charge in [-0.15, -0.1) is 24.0 Å². The zero-order valence-corrected chi connectivity index (χ0v) is 16.7.